The van der Waals surface area contributed by atoms with Crippen LogP contribution < -0.4 is 14.2 Å². The van der Waals surface area contributed by atoms with E-state index in [9.17, 15) is 9.59 Å². The molecule has 0 N–H and O–H groups in total. The Labute approximate surface area is 210 Å². The van der Waals surface area contributed by atoms with E-state index in [2.05, 4.69) is 0 Å². The van der Waals surface area contributed by atoms with Crippen LogP contribution in [0.1, 0.15) is 49.8 Å². The van der Waals surface area contributed by atoms with E-state index in [1.54, 1.807) is 19.0 Å². The van der Waals surface area contributed by atoms with Gasteiger partial charge in [-0.3, -0.25) is 14.5 Å². The molecule has 3 aliphatic rings. The smallest absolute Gasteiger partial charge is 0.323 e. The average Bonchev–Trinajstić information content (AvgIpc) is 3.56. The molecular formula is C27H31N3O6. The van der Waals surface area contributed by atoms with Crippen LogP contribution in [-0.2, 0) is 14.3 Å². The van der Waals surface area contributed by atoms with Gasteiger partial charge in [-0.25, -0.2) is 5.01 Å². The number of hydrogen-bond donors (Lipinski definition) is 0. The van der Waals surface area contributed by atoms with Crippen LogP contribution in [0.5, 0.6) is 17.2 Å². The molecule has 0 aliphatic carbocycles. The molecule has 3 heterocycles. The zero-order valence-electron chi connectivity index (χ0n) is 20.6. The first kappa shape index (κ1) is 24.1. The Morgan fingerprint density at radius 3 is 2.67 bits per heavy atom. The summed E-state index contributed by atoms with van der Waals surface area (Å²) in [6.07, 6.45) is 3.13. The Morgan fingerprint density at radius 2 is 1.89 bits per heavy atom. The third kappa shape index (κ3) is 4.88. The normalized spacial score (nSPS) is 21.3. The molecule has 9 heteroatoms. The van der Waals surface area contributed by atoms with Gasteiger partial charge >= 0.3 is 5.97 Å². The van der Waals surface area contributed by atoms with Gasteiger partial charge in [-0.2, -0.15) is 5.10 Å². The molecule has 0 saturated carbocycles. The van der Waals surface area contributed by atoms with E-state index in [0.717, 1.165) is 35.4 Å². The summed E-state index contributed by atoms with van der Waals surface area (Å²) < 4.78 is 21.6. The summed E-state index contributed by atoms with van der Waals surface area (Å²) in [6.45, 7) is 3.08. The molecule has 0 spiro atoms. The minimum atomic E-state index is -0.403. The number of hydrazone groups is 1. The molecule has 2 aromatic rings. The largest absolute Gasteiger partial charge is 0.497 e. The van der Waals surface area contributed by atoms with Gasteiger partial charge in [0.2, 0.25) is 6.79 Å². The number of hydrogen-bond acceptors (Lipinski definition) is 8. The maximum Gasteiger partial charge on any atom is 0.323 e. The first-order chi connectivity index (χ1) is 17.6. The summed E-state index contributed by atoms with van der Waals surface area (Å²) in [5, 5.41) is 6.34. The minimum Gasteiger partial charge on any atom is -0.497 e. The number of benzene rings is 2. The van der Waals surface area contributed by atoms with Crippen LogP contribution in [0.25, 0.3) is 0 Å². The van der Waals surface area contributed by atoms with Gasteiger partial charge < -0.3 is 18.9 Å². The summed E-state index contributed by atoms with van der Waals surface area (Å²) in [5.41, 5.74) is 2.66. The highest BCUT2D eigenvalue weighted by atomic mass is 16.7. The number of rotatable bonds is 7. The first-order valence-corrected chi connectivity index (χ1v) is 12.4. The fourth-order valence-corrected chi connectivity index (χ4v) is 5.01. The van der Waals surface area contributed by atoms with Gasteiger partial charge in [-0.1, -0.05) is 12.5 Å². The van der Waals surface area contributed by atoms with Crippen LogP contribution in [0.2, 0.25) is 0 Å². The van der Waals surface area contributed by atoms with E-state index in [1.165, 1.54) is 0 Å². The lowest BCUT2D eigenvalue weighted by molar-refractivity contribution is -0.152. The fraction of sp³-hybridized carbons (Fsp3) is 0.444. The molecule has 0 bridgehead atoms. The van der Waals surface area contributed by atoms with Crippen molar-refractivity contribution in [2.75, 3.05) is 33.6 Å². The standard InChI is InChI=1S/C27H31N3O6/c1-3-34-27(32)22-6-4-5-13-29(22)16-26(31)30-23(19-9-12-24-25(14-19)36-17-35-24)15-21(28-30)18-7-10-20(33-2)11-8-18/h7-12,14,22-23H,3-6,13,15-17H2,1-2H3. The Hall–Kier alpha value is -3.59. The second-order valence-electron chi connectivity index (χ2n) is 9.08. The minimum absolute atomic E-state index is 0.101. The van der Waals surface area contributed by atoms with Crippen molar-refractivity contribution in [3.05, 3.63) is 53.6 Å². The molecule has 0 radical (unpaired) electrons. The van der Waals surface area contributed by atoms with E-state index < -0.39 is 6.04 Å². The summed E-state index contributed by atoms with van der Waals surface area (Å²) in [6, 6.07) is 12.7. The van der Waals surface area contributed by atoms with Crippen molar-refractivity contribution in [2.24, 2.45) is 5.10 Å². The van der Waals surface area contributed by atoms with Crippen molar-refractivity contribution < 1.29 is 28.5 Å². The molecule has 5 rings (SSSR count). The van der Waals surface area contributed by atoms with Gasteiger partial charge in [0.05, 0.1) is 32.0 Å². The van der Waals surface area contributed by atoms with Crippen LogP contribution in [0, 0.1) is 0 Å². The predicted molar refractivity (Wildman–Crippen MR) is 132 cm³/mol. The van der Waals surface area contributed by atoms with Gasteiger partial charge in [0.15, 0.2) is 11.5 Å². The highest BCUT2D eigenvalue weighted by Gasteiger charge is 2.37. The van der Waals surface area contributed by atoms with Crippen LogP contribution in [0.15, 0.2) is 47.6 Å². The van der Waals surface area contributed by atoms with Crippen molar-refractivity contribution in [2.45, 2.75) is 44.7 Å². The summed E-state index contributed by atoms with van der Waals surface area (Å²) in [4.78, 5) is 28.2. The first-order valence-electron chi connectivity index (χ1n) is 12.4. The topological polar surface area (TPSA) is 89.9 Å². The summed E-state index contributed by atoms with van der Waals surface area (Å²) in [5.74, 6) is 1.69. The lowest BCUT2D eigenvalue weighted by Crippen LogP contribution is -2.49. The van der Waals surface area contributed by atoms with E-state index in [4.69, 9.17) is 24.0 Å². The molecule has 2 atom stereocenters. The molecule has 1 fully saturated rings. The van der Waals surface area contributed by atoms with Gasteiger partial charge in [-0.05, 0) is 73.8 Å². The van der Waals surface area contributed by atoms with Crippen molar-refractivity contribution >= 4 is 17.6 Å². The number of methoxy groups -OCH3 is 1. The number of piperidine rings is 1. The van der Waals surface area contributed by atoms with Crippen molar-refractivity contribution in [3.63, 3.8) is 0 Å². The Kier molecular flexibility index (Phi) is 7.09. The Morgan fingerprint density at radius 1 is 1.08 bits per heavy atom. The summed E-state index contributed by atoms with van der Waals surface area (Å²) in [7, 11) is 1.63. The van der Waals surface area contributed by atoms with Crippen LogP contribution in [-0.4, -0.2) is 67.1 Å². The van der Waals surface area contributed by atoms with Crippen LogP contribution >= 0.6 is 0 Å². The van der Waals surface area contributed by atoms with E-state index in [1.807, 2.05) is 47.4 Å². The van der Waals surface area contributed by atoms with E-state index >= 15 is 0 Å². The van der Waals surface area contributed by atoms with Crippen LogP contribution in [0.3, 0.4) is 0 Å². The Bertz CT molecular complexity index is 1150. The second-order valence-corrected chi connectivity index (χ2v) is 9.08. The van der Waals surface area contributed by atoms with Crippen molar-refractivity contribution in [3.8, 4) is 17.2 Å². The Balaban J connectivity index is 1.41. The fourth-order valence-electron chi connectivity index (χ4n) is 5.01. The average molecular weight is 494 g/mol. The quantitative estimate of drug-likeness (QED) is 0.545. The number of amides is 1. The molecule has 2 unspecified atom stereocenters. The van der Waals surface area contributed by atoms with Gasteiger partial charge in [0.1, 0.15) is 11.8 Å². The molecule has 3 aliphatic heterocycles. The highest BCUT2D eigenvalue weighted by Crippen LogP contribution is 2.39. The second kappa shape index (κ2) is 10.6. The third-order valence-corrected chi connectivity index (χ3v) is 6.88. The lowest BCUT2D eigenvalue weighted by Gasteiger charge is -2.34. The number of carbonyl (C=O) groups is 2. The number of nitrogens with zero attached hydrogens (tertiary/aromatic N) is 3. The lowest BCUT2D eigenvalue weighted by atomic mass is 9.97. The highest BCUT2D eigenvalue weighted by molar-refractivity contribution is 6.03. The molecular weight excluding hydrogens is 462 g/mol. The van der Waals surface area contributed by atoms with Crippen molar-refractivity contribution in [1.82, 2.24) is 9.91 Å². The zero-order chi connectivity index (χ0) is 25.1. The molecule has 1 amide bonds. The third-order valence-electron chi connectivity index (χ3n) is 6.88. The van der Waals surface area contributed by atoms with Gasteiger partial charge in [-0.15, -0.1) is 0 Å². The van der Waals surface area contributed by atoms with Crippen LogP contribution in [0.4, 0.5) is 0 Å². The number of likely N-dealkylation sites (tertiary alicyclic amines) is 1. The number of carbonyl (C=O) groups excluding carboxylic acids is 2. The SMILES string of the molecule is CCOC(=O)C1CCCCN1CC(=O)N1N=C(c2ccc(OC)cc2)CC1c1ccc2c(c1)OCO2. The van der Waals surface area contributed by atoms with E-state index in [0.29, 0.717) is 37.5 Å². The molecule has 36 heavy (non-hydrogen) atoms. The zero-order valence-corrected chi connectivity index (χ0v) is 20.6. The van der Waals surface area contributed by atoms with Crippen molar-refractivity contribution in [1.29, 1.82) is 0 Å². The number of ether oxygens (including phenoxy) is 4. The monoisotopic (exact) mass is 493 g/mol. The maximum absolute atomic E-state index is 13.7. The molecule has 1 saturated heterocycles. The molecule has 9 nitrogen and oxygen atoms in total. The molecule has 0 aromatic heterocycles. The number of fused-ring (bicyclic) bond motifs is 1. The maximum atomic E-state index is 13.7. The predicted octanol–water partition coefficient (Wildman–Crippen LogP) is 3.52. The van der Waals surface area contributed by atoms with Gasteiger partial charge in [0.25, 0.3) is 5.91 Å². The summed E-state index contributed by atoms with van der Waals surface area (Å²) >= 11 is 0. The number of esters is 1. The molecule has 190 valence electrons. The van der Waals surface area contributed by atoms with Gasteiger partial charge in [0, 0.05) is 6.42 Å². The molecule has 2 aromatic carbocycles. The van der Waals surface area contributed by atoms with E-state index in [-0.39, 0.29) is 31.3 Å².